The van der Waals surface area contributed by atoms with Gasteiger partial charge in [0, 0.05) is 50.6 Å². The maximum absolute atomic E-state index is 7.01. The molecule has 0 N–H and O–H groups in total. The Morgan fingerprint density at radius 3 is 2.11 bits per heavy atom. The summed E-state index contributed by atoms with van der Waals surface area (Å²) in [6, 6.07) is 56.3. The number of allylic oxidation sites excluding steroid dienone is 1. The third kappa shape index (κ3) is 5.90. The van der Waals surface area contributed by atoms with Gasteiger partial charge >= 0.3 is 6.23 Å². The SMILES string of the molecule is CCC1Oc2c(-c3c4ccccc4c(-c4ccc5ccc[n+](CC)c5c4OC)c4ccc5c(-c6ccc(C7=CCC(C)c8ccccc8S7)cc6)cccc5c34)ccc3ccc[n+]1c23. The average Bonchev–Trinajstić information content (AvgIpc) is 3.65. The molecule has 0 fully saturated rings. The molecule has 0 bridgehead atoms. The number of aryl methyl sites for hydroxylation is 1. The smallest absolute Gasteiger partial charge is 0.302 e. The van der Waals surface area contributed by atoms with E-state index in [4.69, 9.17) is 9.47 Å². The monoisotopic (exact) mass is 848 g/mol. The van der Waals surface area contributed by atoms with E-state index in [0.717, 1.165) is 58.4 Å². The van der Waals surface area contributed by atoms with Crippen molar-refractivity contribution in [2.45, 2.75) is 57.2 Å². The molecule has 2 unspecified atom stereocenters. The van der Waals surface area contributed by atoms with E-state index in [0.29, 0.717) is 5.92 Å². The van der Waals surface area contributed by atoms with E-state index in [1.54, 1.807) is 0 Å². The molecule has 2 atom stereocenters. The second-order valence-electron chi connectivity index (χ2n) is 17.3. The molecule has 2 aliphatic heterocycles. The van der Waals surface area contributed by atoms with E-state index in [1.807, 2.05) is 18.9 Å². The Bertz CT molecular complexity index is 3570. The summed E-state index contributed by atoms with van der Waals surface area (Å²) in [6.45, 7) is 7.56. The van der Waals surface area contributed by atoms with E-state index in [9.17, 15) is 0 Å². The molecule has 0 radical (unpaired) electrons. The fourth-order valence-corrected chi connectivity index (χ4v) is 11.9. The fourth-order valence-electron chi connectivity index (χ4n) is 10.7. The Kier molecular flexibility index (Phi) is 9.31. The van der Waals surface area contributed by atoms with Crippen LogP contribution in [0, 0.1) is 0 Å². The first-order chi connectivity index (χ1) is 31.5. The minimum atomic E-state index is -0.0691. The van der Waals surface area contributed by atoms with Crippen LogP contribution < -0.4 is 18.6 Å². The second kappa shape index (κ2) is 15.4. The lowest BCUT2D eigenvalue weighted by atomic mass is 9.82. The van der Waals surface area contributed by atoms with Gasteiger partial charge in [-0.25, -0.2) is 0 Å². The maximum atomic E-state index is 7.01. The molecule has 310 valence electrons. The molecular weight excluding hydrogens is 801 g/mol. The van der Waals surface area contributed by atoms with Crippen LogP contribution in [-0.4, -0.2) is 7.11 Å². The molecule has 5 heteroatoms. The molecule has 0 saturated carbocycles. The van der Waals surface area contributed by atoms with E-state index in [1.165, 1.54) is 80.9 Å². The number of hydrogen-bond acceptors (Lipinski definition) is 3. The Labute approximate surface area is 378 Å². The summed E-state index contributed by atoms with van der Waals surface area (Å²) in [4.78, 5) is 2.68. The Morgan fingerprint density at radius 1 is 0.609 bits per heavy atom. The van der Waals surface area contributed by atoms with Crippen LogP contribution in [0.5, 0.6) is 11.5 Å². The van der Waals surface area contributed by atoms with Crippen LogP contribution in [0.15, 0.2) is 175 Å². The maximum Gasteiger partial charge on any atom is 0.302 e. The second-order valence-corrected chi connectivity index (χ2v) is 18.3. The van der Waals surface area contributed by atoms with Crippen molar-refractivity contribution in [1.82, 2.24) is 0 Å². The number of ether oxygens (including phenoxy) is 2. The molecule has 8 aromatic carbocycles. The molecule has 0 aliphatic carbocycles. The van der Waals surface area contributed by atoms with Crippen molar-refractivity contribution in [3.63, 3.8) is 0 Å². The minimum Gasteiger partial charge on any atom is -0.490 e. The lowest BCUT2D eigenvalue weighted by Gasteiger charge is -2.21. The highest BCUT2D eigenvalue weighted by Crippen LogP contribution is 2.53. The lowest BCUT2D eigenvalue weighted by molar-refractivity contribution is -0.719. The van der Waals surface area contributed by atoms with Crippen molar-refractivity contribution in [1.29, 1.82) is 0 Å². The summed E-state index contributed by atoms with van der Waals surface area (Å²) in [6.07, 6.45) is 8.58. The van der Waals surface area contributed by atoms with Gasteiger partial charge < -0.3 is 9.47 Å². The summed E-state index contributed by atoms with van der Waals surface area (Å²) in [5, 5.41) is 9.49. The van der Waals surface area contributed by atoms with Crippen molar-refractivity contribution in [2.24, 2.45) is 0 Å². The van der Waals surface area contributed by atoms with Crippen LogP contribution in [0.1, 0.15) is 56.9 Å². The molecule has 12 rings (SSSR count). The van der Waals surface area contributed by atoms with Gasteiger partial charge in [0.05, 0.1) is 17.9 Å². The normalized spacial score (nSPS) is 15.7. The number of pyridine rings is 2. The average molecular weight is 849 g/mol. The highest BCUT2D eigenvalue weighted by atomic mass is 32.2. The van der Waals surface area contributed by atoms with Crippen LogP contribution in [0.2, 0.25) is 0 Å². The number of rotatable bonds is 7. The Balaban J connectivity index is 1.13. The summed E-state index contributed by atoms with van der Waals surface area (Å²) < 4.78 is 18.1. The van der Waals surface area contributed by atoms with Gasteiger partial charge in [0.2, 0.25) is 5.75 Å². The van der Waals surface area contributed by atoms with Crippen LogP contribution in [0.4, 0.5) is 0 Å². The van der Waals surface area contributed by atoms with Gasteiger partial charge in [0.25, 0.3) is 11.0 Å². The molecule has 64 heavy (non-hydrogen) atoms. The van der Waals surface area contributed by atoms with E-state index in [2.05, 4.69) is 200 Å². The van der Waals surface area contributed by atoms with Gasteiger partial charge in [0.1, 0.15) is 6.54 Å². The Hall–Kier alpha value is -6.95. The zero-order valence-corrected chi connectivity index (χ0v) is 37.4. The first-order valence-electron chi connectivity index (χ1n) is 22.7. The predicted molar refractivity (Wildman–Crippen MR) is 266 cm³/mol. The fraction of sp³-hybridized carbons (Fsp3) is 0.153. The topological polar surface area (TPSA) is 26.2 Å². The number of nitrogens with zero attached hydrogens (tertiary/aromatic N) is 2. The van der Waals surface area contributed by atoms with Crippen molar-refractivity contribution < 1.29 is 18.6 Å². The quantitative estimate of drug-likeness (QED) is 0.0908. The lowest BCUT2D eigenvalue weighted by Crippen LogP contribution is -2.37. The minimum absolute atomic E-state index is 0.0691. The van der Waals surface area contributed by atoms with E-state index in [-0.39, 0.29) is 6.23 Å². The molecule has 10 aromatic rings. The van der Waals surface area contributed by atoms with Gasteiger partial charge in [-0.1, -0.05) is 129 Å². The van der Waals surface area contributed by atoms with Crippen molar-refractivity contribution in [3.05, 3.63) is 181 Å². The van der Waals surface area contributed by atoms with Gasteiger partial charge in [0.15, 0.2) is 18.1 Å². The summed E-state index contributed by atoms with van der Waals surface area (Å²) >= 11 is 1.89. The third-order valence-corrected chi connectivity index (χ3v) is 15.0. The van der Waals surface area contributed by atoms with Crippen LogP contribution in [0.3, 0.4) is 0 Å². The van der Waals surface area contributed by atoms with Crippen LogP contribution >= 0.6 is 11.8 Å². The highest BCUT2D eigenvalue weighted by molar-refractivity contribution is 8.08. The molecule has 0 saturated heterocycles. The highest BCUT2D eigenvalue weighted by Gasteiger charge is 2.36. The van der Waals surface area contributed by atoms with Crippen LogP contribution in [0.25, 0.3) is 92.4 Å². The summed E-state index contributed by atoms with van der Waals surface area (Å²) in [7, 11) is 1.81. The number of hydrogen-bond donors (Lipinski definition) is 0. The van der Waals surface area contributed by atoms with E-state index >= 15 is 0 Å². The standard InChI is InChI=1S/C59H48N2O2S/c1-5-52-61-35-13-15-40-28-30-49(59(63-52)57(40)61)55-46-18-8-7-17-45(46)53(48-29-27-39-14-12-34-60(6-2)56(39)58(48)62-4)47-32-31-43-42(19-11-20-44(43)54(47)55)37-23-25-38(26-24-37)50-33-22-36(3)41-16-9-10-21-51(41)64-50/h7-21,23-36,52H,5-6,22H2,1-4H3/q+2. The van der Waals surface area contributed by atoms with Crippen molar-refractivity contribution >= 4 is 70.8 Å². The molecular formula is C59H48N2O2S+2. The number of methoxy groups -OCH3 is 1. The summed E-state index contributed by atoms with van der Waals surface area (Å²) in [5.41, 5.74) is 11.9. The number of thioether (sulfide) groups is 1. The third-order valence-electron chi connectivity index (χ3n) is 13.8. The van der Waals surface area contributed by atoms with Crippen LogP contribution in [-0.2, 0) is 6.54 Å². The molecule has 2 aromatic heterocycles. The predicted octanol–water partition coefficient (Wildman–Crippen LogP) is 15.0. The molecule has 4 heterocycles. The molecule has 0 spiro atoms. The zero-order chi connectivity index (χ0) is 43.1. The molecule has 4 nitrogen and oxygen atoms in total. The van der Waals surface area contributed by atoms with Gasteiger partial charge in [-0.2, -0.15) is 9.13 Å². The van der Waals surface area contributed by atoms with Gasteiger partial charge in [-0.15, -0.1) is 0 Å². The zero-order valence-electron chi connectivity index (χ0n) is 36.6. The number of benzene rings is 8. The Morgan fingerprint density at radius 2 is 1.31 bits per heavy atom. The molecule has 0 amide bonds. The summed E-state index contributed by atoms with van der Waals surface area (Å²) in [5.74, 6) is 2.32. The van der Waals surface area contributed by atoms with Crippen molar-refractivity contribution in [2.75, 3.05) is 7.11 Å². The number of aromatic nitrogens is 2. The first kappa shape index (κ1) is 38.7. The van der Waals surface area contributed by atoms with Gasteiger partial charge in [-0.3, -0.25) is 0 Å². The first-order valence-corrected chi connectivity index (χ1v) is 23.5. The van der Waals surface area contributed by atoms with Crippen molar-refractivity contribution in [3.8, 4) is 44.9 Å². The molecule has 2 aliphatic rings. The van der Waals surface area contributed by atoms with Gasteiger partial charge in [-0.05, 0) is 116 Å². The number of fused-ring (bicyclic) bond motifs is 6. The van der Waals surface area contributed by atoms with E-state index < -0.39 is 0 Å². The largest absolute Gasteiger partial charge is 0.490 e.